The number of nitriles is 1. The van der Waals surface area contributed by atoms with E-state index in [1.807, 2.05) is 0 Å². The van der Waals surface area contributed by atoms with Gasteiger partial charge in [0, 0.05) is 0 Å². The molecule has 4 nitrogen and oxygen atoms in total. The molecule has 0 radical (unpaired) electrons. The van der Waals surface area contributed by atoms with Crippen LogP contribution in [-0.2, 0) is 9.53 Å². The number of carbonyl (C=O) groups is 1. The van der Waals surface area contributed by atoms with Crippen LogP contribution in [0.4, 0.5) is 0 Å². The van der Waals surface area contributed by atoms with Crippen LogP contribution in [0.25, 0.3) is 0 Å². The van der Waals surface area contributed by atoms with E-state index in [4.69, 9.17) is 11.0 Å². The molecular formula is C6H8N2O2. The molecule has 0 spiro atoms. The van der Waals surface area contributed by atoms with Gasteiger partial charge in [-0.25, -0.2) is 0 Å². The first-order valence-corrected chi connectivity index (χ1v) is 2.74. The summed E-state index contributed by atoms with van der Waals surface area (Å²) in [6.07, 6.45) is 1.06. The Bertz CT molecular complexity index is 190. The van der Waals surface area contributed by atoms with Crippen molar-refractivity contribution in [3.05, 3.63) is 11.8 Å². The molecule has 54 valence electrons. The summed E-state index contributed by atoms with van der Waals surface area (Å²) in [5, 5.41) is 8.22. The first kappa shape index (κ1) is 8.50. The molecule has 4 heteroatoms. The van der Waals surface area contributed by atoms with E-state index in [0.717, 1.165) is 6.26 Å². The minimum absolute atomic E-state index is 0.165. The number of amides is 1. The van der Waals surface area contributed by atoms with Crippen LogP contribution in [0.3, 0.4) is 0 Å². The summed E-state index contributed by atoms with van der Waals surface area (Å²) >= 11 is 0. The zero-order valence-corrected chi connectivity index (χ0v) is 5.63. The number of nitrogens with two attached hydrogens (primary N) is 1. The smallest absolute Gasteiger partial charge is 0.262 e. The van der Waals surface area contributed by atoms with Crippen LogP contribution in [-0.4, -0.2) is 12.5 Å². The molecule has 0 aliphatic rings. The van der Waals surface area contributed by atoms with Gasteiger partial charge >= 0.3 is 0 Å². The van der Waals surface area contributed by atoms with Gasteiger partial charge in [-0.3, -0.25) is 4.79 Å². The Morgan fingerprint density at radius 2 is 2.50 bits per heavy atom. The van der Waals surface area contributed by atoms with Crippen molar-refractivity contribution in [3.63, 3.8) is 0 Å². The normalized spacial score (nSPS) is 10.2. The lowest BCUT2D eigenvalue weighted by atomic mass is 10.3. The minimum atomic E-state index is -0.768. The summed E-state index contributed by atoms with van der Waals surface area (Å²) in [6.45, 7) is 2.16. The first-order valence-electron chi connectivity index (χ1n) is 2.74. The SMILES string of the molecule is CCOC=C(C#N)C(N)=O. The average molecular weight is 140 g/mol. The molecule has 0 rings (SSSR count). The summed E-state index contributed by atoms with van der Waals surface area (Å²) in [5.41, 5.74) is 4.61. The molecule has 0 aliphatic heterocycles. The molecule has 0 bridgehead atoms. The number of hydrogen-bond acceptors (Lipinski definition) is 3. The fourth-order valence-corrected chi connectivity index (χ4v) is 0.306. The van der Waals surface area contributed by atoms with E-state index in [1.165, 1.54) is 0 Å². The number of nitrogens with zero attached hydrogens (tertiary/aromatic N) is 1. The molecule has 0 atom stereocenters. The number of rotatable bonds is 3. The van der Waals surface area contributed by atoms with Gasteiger partial charge in [0.2, 0.25) is 0 Å². The summed E-state index contributed by atoms with van der Waals surface area (Å²) in [4.78, 5) is 10.3. The molecule has 0 saturated heterocycles. The highest BCUT2D eigenvalue weighted by Crippen LogP contribution is 1.89. The van der Waals surface area contributed by atoms with Crippen molar-refractivity contribution < 1.29 is 9.53 Å². The number of hydrogen-bond donors (Lipinski definition) is 1. The zero-order valence-electron chi connectivity index (χ0n) is 5.63. The largest absolute Gasteiger partial charge is 0.500 e. The van der Waals surface area contributed by atoms with Gasteiger partial charge in [-0.05, 0) is 6.92 Å². The van der Waals surface area contributed by atoms with Crippen molar-refractivity contribution in [2.45, 2.75) is 6.92 Å². The van der Waals surface area contributed by atoms with Crippen molar-refractivity contribution in [2.75, 3.05) is 6.61 Å². The molecule has 10 heavy (non-hydrogen) atoms. The maximum absolute atomic E-state index is 10.3. The molecule has 0 aromatic carbocycles. The number of ether oxygens (including phenoxy) is 1. The van der Waals surface area contributed by atoms with E-state index in [2.05, 4.69) is 4.74 Å². The Balaban J connectivity index is 4.09. The van der Waals surface area contributed by atoms with Crippen LogP contribution in [0.1, 0.15) is 6.92 Å². The van der Waals surface area contributed by atoms with Crippen LogP contribution in [0.15, 0.2) is 11.8 Å². The summed E-state index contributed by atoms with van der Waals surface area (Å²) < 4.78 is 4.66. The van der Waals surface area contributed by atoms with Crippen LogP contribution in [0.5, 0.6) is 0 Å². The van der Waals surface area contributed by atoms with E-state index in [1.54, 1.807) is 13.0 Å². The summed E-state index contributed by atoms with van der Waals surface area (Å²) in [6, 6.07) is 1.60. The van der Waals surface area contributed by atoms with E-state index in [0.29, 0.717) is 6.61 Å². The van der Waals surface area contributed by atoms with Crippen molar-refractivity contribution in [1.29, 1.82) is 5.26 Å². The van der Waals surface area contributed by atoms with E-state index in [9.17, 15) is 4.79 Å². The Morgan fingerprint density at radius 3 is 2.80 bits per heavy atom. The van der Waals surface area contributed by atoms with Gasteiger partial charge in [-0.15, -0.1) is 0 Å². The molecule has 0 heterocycles. The lowest BCUT2D eigenvalue weighted by Gasteiger charge is -1.92. The van der Waals surface area contributed by atoms with Crippen LogP contribution < -0.4 is 5.73 Å². The predicted octanol–water partition coefficient (Wildman–Crippen LogP) is -0.0843. The topological polar surface area (TPSA) is 76.1 Å². The van der Waals surface area contributed by atoms with Crippen LogP contribution >= 0.6 is 0 Å². The first-order chi connectivity index (χ1) is 4.72. The van der Waals surface area contributed by atoms with Gasteiger partial charge in [0.25, 0.3) is 5.91 Å². The van der Waals surface area contributed by atoms with Gasteiger partial charge in [0.15, 0.2) is 5.57 Å². The van der Waals surface area contributed by atoms with Gasteiger partial charge in [-0.1, -0.05) is 0 Å². The molecule has 0 aromatic rings. The highest BCUT2D eigenvalue weighted by Gasteiger charge is 2.01. The number of carbonyl (C=O) groups excluding carboxylic acids is 1. The molecule has 1 amide bonds. The molecule has 0 aliphatic carbocycles. The molecule has 0 saturated carbocycles. The Labute approximate surface area is 58.9 Å². The van der Waals surface area contributed by atoms with Crippen LogP contribution in [0, 0.1) is 11.3 Å². The number of primary amides is 1. The summed E-state index contributed by atoms with van der Waals surface area (Å²) in [7, 11) is 0. The highest BCUT2D eigenvalue weighted by atomic mass is 16.5. The Kier molecular flexibility index (Phi) is 3.73. The third-order valence-electron chi connectivity index (χ3n) is 0.754. The lowest BCUT2D eigenvalue weighted by Crippen LogP contribution is -2.12. The fraction of sp³-hybridized carbons (Fsp3) is 0.333. The Hall–Kier alpha value is -1.50. The minimum Gasteiger partial charge on any atom is -0.500 e. The second-order valence-corrected chi connectivity index (χ2v) is 1.46. The molecule has 2 N–H and O–H groups in total. The molecule has 0 unspecified atom stereocenters. The van der Waals surface area contributed by atoms with E-state index < -0.39 is 5.91 Å². The Morgan fingerprint density at radius 1 is 1.90 bits per heavy atom. The van der Waals surface area contributed by atoms with Crippen molar-refractivity contribution in [2.24, 2.45) is 5.73 Å². The lowest BCUT2D eigenvalue weighted by molar-refractivity contribution is -0.114. The standard InChI is InChI=1S/C6H8N2O2/c1-2-10-4-5(3-7)6(8)9/h4H,2H2,1H3,(H2,8,9). The highest BCUT2D eigenvalue weighted by molar-refractivity contribution is 5.95. The van der Waals surface area contributed by atoms with Gasteiger partial charge < -0.3 is 10.5 Å². The third kappa shape index (κ3) is 2.72. The monoisotopic (exact) mass is 140 g/mol. The van der Waals surface area contributed by atoms with Gasteiger partial charge in [0.1, 0.15) is 12.3 Å². The third-order valence-corrected chi connectivity index (χ3v) is 0.754. The molecular weight excluding hydrogens is 132 g/mol. The quantitative estimate of drug-likeness (QED) is 0.338. The second kappa shape index (κ2) is 4.39. The van der Waals surface area contributed by atoms with E-state index in [-0.39, 0.29) is 5.57 Å². The van der Waals surface area contributed by atoms with E-state index >= 15 is 0 Å². The van der Waals surface area contributed by atoms with Crippen molar-refractivity contribution >= 4 is 5.91 Å². The van der Waals surface area contributed by atoms with Crippen molar-refractivity contribution in [1.82, 2.24) is 0 Å². The zero-order chi connectivity index (χ0) is 7.98. The maximum Gasteiger partial charge on any atom is 0.262 e. The predicted molar refractivity (Wildman–Crippen MR) is 34.5 cm³/mol. The second-order valence-electron chi connectivity index (χ2n) is 1.46. The van der Waals surface area contributed by atoms with Crippen LogP contribution in [0.2, 0.25) is 0 Å². The van der Waals surface area contributed by atoms with Gasteiger partial charge in [0.05, 0.1) is 6.61 Å². The van der Waals surface area contributed by atoms with Crippen molar-refractivity contribution in [3.8, 4) is 6.07 Å². The summed E-state index contributed by atoms with van der Waals surface area (Å²) in [5.74, 6) is -0.768. The molecule has 0 fully saturated rings. The maximum atomic E-state index is 10.3. The van der Waals surface area contributed by atoms with Gasteiger partial charge in [-0.2, -0.15) is 5.26 Å². The molecule has 0 aromatic heterocycles. The average Bonchev–Trinajstić information content (AvgIpc) is 1.89. The fourth-order valence-electron chi connectivity index (χ4n) is 0.306.